The van der Waals surface area contributed by atoms with Crippen LogP contribution >= 0.6 is 0 Å². The van der Waals surface area contributed by atoms with Crippen LogP contribution in [0.3, 0.4) is 0 Å². The van der Waals surface area contributed by atoms with E-state index in [1.807, 2.05) is 45.9 Å². The minimum Gasteiger partial charge on any atom is -0.452 e. The largest absolute Gasteiger partial charge is 0.452 e. The summed E-state index contributed by atoms with van der Waals surface area (Å²) in [6.07, 6.45) is -0.282. The lowest BCUT2D eigenvalue weighted by atomic mass is 9.97. The number of aryl methyl sites for hydroxylation is 1. The third kappa shape index (κ3) is 6.25. The predicted molar refractivity (Wildman–Crippen MR) is 106 cm³/mol. The molecule has 2 rings (SSSR count). The van der Waals surface area contributed by atoms with Crippen molar-refractivity contribution in [2.75, 3.05) is 18.4 Å². The van der Waals surface area contributed by atoms with E-state index >= 15 is 0 Å². The molecule has 0 saturated carbocycles. The van der Waals surface area contributed by atoms with Crippen molar-refractivity contribution >= 4 is 23.7 Å². The number of nitrogens with one attached hydrogen (secondary N) is 1. The molecule has 7 nitrogen and oxygen atoms in total. The number of carbonyl (C=O) groups excluding carboxylic acids is 3. The average molecular weight is 390 g/mol. The Morgan fingerprint density at radius 2 is 1.75 bits per heavy atom. The highest BCUT2D eigenvalue weighted by Gasteiger charge is 2.32. The van der Waals surface area contributed by atoms with Crippen molar-refractivity contribution in [3.05, 3.63) is 29.8 Å². The Kier molecular flexibility index (Phi) is 7.05. The van der Waals surface area contributed by atoms with Gasteiger partial charge < -0.3 is 19.7 Å². The first-order valence-corrected chi connectivity index (χ1v) is 9.62. The highest BCUT2D eigenvalue weighted by molar-refractivity contribution is 5.95. The molecule has 1 aromatic carbocycles. The number of ether oxygens (including phenoxy) is 2. The number of piperidine rings is 1. The van der Waals surface area contributed by atoms with Crippen molar-refractivity contribution in [1.82, 2.24) is 4.90 Å². The van der Waals surface area contributed by atoms with E-state index in [1.54, 1.807) is 17.9 Å². The van der Waals surface area contributed by atoms with Crippen molar-refractivity contribution in [3.8, 4) is 0 Å². The topological polar surface area (TPSA) is 84.9 Å². The van der Waals surface area contributed by atoms with Crippen LogP contribution in [0.5, 0.6) is 0 Å². The standard InChI is InChI=1S/C21H30N2O5/c1-14-8-6-7-9-17(14)22-18(24)15(2)27-19(25)16-10-12-23(13-11-16)20(26)28-21(3,4)5/h6-9,15-16H,10-13H2,1-5H3,(H,22,24). The van der Waals surface area contributed by atoms with Gasteiger partial charge in [0.15, 0.2) is 6.10 Å². The van der Waals surface area contributed by atoms with E-state index in [0.717, 1.165) is 5.56 Å². The maximum Gasteiger partial charge on any atom is 0.410 e. The number of benzene rings is 1. The summed E-state index contributed by atoms with van der Waals surface area (Å²) in [7, 11) is 0. The summed E-state index contributed by atoms with van der Waals surface area (Å²) in [5.41, 5.74) is 1.08. The second-order valence-electron chi connectivity index (χ2n) is 8.12. The molecule has 1 atom stereocenters. The van der Waals surface area contributed by atoms with Gasteiger partial charge >= 0.3 is 12.1 Å². The molecular formula is C21H30N2O5. The summed E-state index contributed by atoms with van der Waals surface area (Å²) in [6, 6.07) is 7.41. The second-order valence-corrected chi connectivity index (χ2v) is 8.12. The summed E-state index contributed by atoms with van der Waals surface area (Å²) in [4.78, 5) is 38.4. The Balaban J connectivity index is 1.81. The third-order valence-electron chi connectivity index (χ3n) is 4.55. The van der Waals surface area contributed by atoms with Crippen molar-refractivity contribution in [3.63, 3.8) is 0 Å². The van der Waals surface area contributed by atoms with E-state index in [2.05, 4.69) is 5.32 Å². The number of nitrogens with zero attached hydrogens (tertiary/aromatic N) is 1. The van der Waals surface area contributed by atoms with Gasteiger partial charge in [-0.1, -0.05) is 18.2 Å². The van der Waals surface area contributed by atoms with Crippen molar-refractivity contribution in [1.29, 1.82) is 0 Å². The van der Waals surface area contributed by atoms with E-state index in [4.69, 9.17) is 9.47 Å². The Morgan fingerprint density at radius 1 is 1.14 bits per heavy atom. The number of hydrogen-bond acceptors (Lipinski definition) is 5. The van der Waals surface area contributed by atoms with Crippen molar-refractivity contribution in [2.45, 2.75) is 59.2 Å². The fourth-order valence-electron chi connectivity index (χ4n) is 2.90. The van der Waals surface area contributed by atoms with Crippen LogP contribution in [0.1, 0.15) is 46.1 Å². The maximum atomic E-state index is 12.4. The molecule has 1 aliphatic rings. The van der Waals surface area contributed by atoms with E-state index in [0.29, 0.717) is 31.6 Å². The van der Waals surface area contributed by atoms with Crippen LogP contribution in [0, 0.1) is 12.8 Å². The number of carbonyl (C=O) groups is 3. The fourth-order valence-corrected chi connectivity index (χ4v) is 2.90. The Bertz CT molecular complexity index is 718. The van der Waals surface area contributed by atoms with Gasteiger partial charge in [0.25, 0.3) is 5.91 Å². The molecule has 154 valence electrons. The first kappa shape index (κ1) is 21.7. The lowest BCUT2D eigenvalue weighted by Gasteiger charge is -2.32. The van der Waals surface area contributed by atoms with Crippen LogP contribution in [-0.2, 0) is 19.1 Å². The number of anilines is 1. The summed E-state index contributed by atoms with van der Waals surface area (Å²) in [6.45, 7) is 9.76. The Hall–Kier alpha value is -2.57. The summed E-state index contributed by atoms with van der Waals surface area (Å²) < 4.78 is 10.7. The molecule has 1 aromatic rings. The number of rotatable bonds is 4. The molecular weight excluding hydrogens is 360 g/mol. The average Bonchev–Trinajstić information content (AvgIpc) is 2.62. The molecule has 1 N–H and O–H groups in total. The molecule has 7 heteroatoms. The van der Waals surface area contributed by atoms with Crippen LogP contribution in [-0.4, -0.2) is 47.7 Å². The molecule has 1 heterocycles. The zero-order chi connectivity index (χ0) is 20.9. The zero-order valence-electron chi connectivity index (χ0n) is 17.3. The summed E-state index contributed by atoms with van der Waals surface area (Å²) in [5.74, 6) is -1.10. The van der Waals surface area contributed by atoms with Crippen molar-refractivity contribution in [2.24, 2.45) is 5.92 Å². The van der Waals surface area contributed by atoms with Crippen LogP contribution < -0.4 is 5.32 Å². The molecule has 1 aliphatic heterocycles. The second kappa shape index (κ2) is 9.08. The Labute approximate surface area is 166 Å². The highest BCUT2D eigenvalue weighted by atomic mass is 16.6. The first-order valence-electron chi connectivity index (χ1n) is 9.62. The van der Waals surface area contributed by atoms with Gasteiger partial charge in [-0.2, -0.15) is 0 Å². The minimum atomic E-state index is -0.893. The van der Waals surface area contributed by atoms with Gasteiger partial charge in [0.05, 0.1) is 5.92 Å². The number of likely N-dealkylation sites (tertiary alicyclic amines) is 1. The van der Waals surface area contributed by atoms with Gasteiger partial charge in [-0.25, -0.2) is 4.79 Å². The molecule has 28 heavy (non-hydrogen) atoms. The third-order valence-corrected chi connectivity index (χ3v) is 4.55. The lowest BCUT2D eigenvalue weighted by Crippen LogP contribution is -2.43. The SMILES string of the molecule is Cc1ccccc1NC(=O)C(C)OC(=O)C1CCN(C(=O)OC(C)(C)C)CC1. The number of esters is 1. The molecule has 0 spiro atoms. The van der Waals surface area contributed by atoms with Gasteiger partial charge in [0.2, 0.25) is 0 Å². The molecule has 0 aromatic heterocycles. The van der Waals surface area contributed by atoms with Crippen LogP contribution in [0.15, 0.2) is 24.3 Å². The van der Waals surface area contributed by atoms with E-state index < -0.39 is 17.7 Å². The van der Waals surface area contributed by atoms with Crippen LogP contribution in [0.25, 0.3) is 0 Å². The Morgan fingerprint density at radius 3 is 2.32 bits per heavy atom. The minimum absolute atomic E-state index is 0.326. The van der Waals surface area contributed by atoms with Gasteiger partial charge in [0, 0.05) is 18.8 Å². The number of para-hydroxylation sites is 1. The van der Waals surface area contributed by atoms with Crippen molar-refractivity contribution < 1.29 is 23.9 Å². The quantitative estimate of drug-likeness (QED) is 0.795. The zero-order valence-corrected chi connectivity index (χ0v) is 17.3. The molecule has 1 fully saturated rings. The highest BCUT2D eigenvalue weighted by Crippen LogP contribution is 2.22. The van der Waals surface area contributed by atoms with E-state index in [9.17, 15) is 14.4 Å². The molecule has 2 amide bonds. The molecule has 0 bridgehead atoms. The van der Waals surface area contributed by atoms with Gasteiger partial charge in [-0.05, 0) is 59.1 Å². The van der Waals surface area contributed by atoms with Crippen LogP contribution in [0.2, 0.25) is 0 Å². The number of hydrogen-bond donors (Lipinski definition) is 1. The smallest absolute Gasteiger partial charge is 0.410 e. The van der Waals surface area contributed by atoms with E-state index in [1.165, 1.54) is 0 Å². The number of amides is 2. The molecule has 0 radical (unpaired) electrons. The molecule has 0 aliphatic carbocycles. The molecule has 1 unspecified atom stereocenters. The fraction of sp³-hybridized carbons (Fsp3) is 0.571. The first-order chi connectivity index (χ1) is 13.1. The lowest BCUT2D eigenvalue weighted by molar-refractivity contribution is -0.158. The predicted octanol–water partition coefficient (Wildman–Crippen LogP) is 3.51. The maximum absolute atomic E-state index is 12.4. The summed E-state index contributed by atoms with van der Waals surface area (Å²) >= 11 is 0. The normalized spacial score (nSPS) is 16.2. The van der Waals surface area contributed by atoms with Gasteiger partial charge in [-0.15, -0.1) is 0 Å². The molecule has 1 saturated heterocycles. The monoisotopic (exact) mass is 390 g/mol. The van der Waals surface area contributed by atoms with Crippen LogP contribution in [0.4, 0.5) is 10.5 Å². The van der Waals surface area contributed by atoms with Gasteiger partial charge in [-0.3, -0.25) is 9.59 Å². The summed E-state index contributed by atoms with van der Waals surface area (Å²) in [5, 5.41) is 2.78. The van der Waals surface area contributed by atoms with E-state index in [-0.39, 0.29) is 17.9 Å². The van der Waals surface area contributed by atoms with Gasteiger partial charge in [0.1, 0.15) is 5.60 Å².